The number of anilines is 2. The van der Waals surface area contributed by atoms with Gasteiger partial charge in [0.2, 0.25) is 5.95 Å². The van der Waals surface area contributed by atoms with Gasteiger partial charge in [-0.2, -0.15) is 0 Å². The summed E-state index contributed by atoms with van der Waals surface area (Å²) in [6.07, 6.45) is 3.89. The average molecular weight is 376 g/mol. The van der Waals surface area contributed by atoms with Crippen molar-refractivity contribution in [3.8, 4) is 0 Å². The number of nitrogens with zero attached hydrogens (tertiary/aromatic N) is 3. The first-order chi connectivity index (χ1) is 13.2. The van der Waals surface area contributed by atoms with E-state index in [1.54, 1.807) is 6.20 Å². The lowest BCUT2D eigenvalue weighted by atomic mass is 9.82. The average Bonchev–Trinajstić information content (AvgIpc) is 3.11. The Hall–Kier alpha value is -2.72. The summed E-state index contributed by atoms with van der Waals surface area (Å²) >= 11 is 6.14. The second kappa shape index (κ2) is 6.46. The van der Waals surface area contributed by atoms with E-state index in [4.69, 9.17) is 16.6 Å². The maximum absolute atomic E-state index is 12.7. The Morgan fingerprint density at radius 2 is 1.96 bits per heavy atom. The predicted molar refractivity (Wildman–Crippen MR) is 106 cm³/mol. The number of benzene rings is 2. The van der Waals surface area contributed by atoms with Gasteiger partial charge in [-0.25, -0.2) is 9.97 Å². The Labute approximate surface area is 162 Å². The SMILES string of the molecule is O=C1C[C@H](c2cccc(Cl)c2)Cc2nc(N3CCc4ccccc43)ncc21. The maximum atomic E-state index is 12.7. The zero-order valence-electron chi connectivity index (χ0n) is 14.7. The van der Waals surface area contributed by atoms with Crippen molar-refractivity contribution in [2.75, 3.05) is 11.4 Å². The quantitative estimate of drug-likeness (QED) is 0.649. The van der Waals surface area contributed by atoms with E-state index in [1.807, 2.05) is 30.3 Å². The minimum absolute atomic E-state index is 0.106. The van der Waals surface area contributed by atoms with Crippen LogP contribution in [0.15, 0.2) is 54.7 Å². The van der Waals surface area contributed by atoms with Crippen molar-refractivity contribution in [2.24, 2.45) is 0 Å². The van der Waals surface area contributed by atoms with Crippen LogP contribution in [0.3, 0.4) is 0 Å². The zero-order valence-corrected chi connectivity index (χ0v) is 15.5. The normalized spacial score (nSPS) is 18.3. The van der Waals surface area contributed by atoms with Crippen molar-refractivity contribution >= 4 is 29.0 Å². The van der Waals surface area contributed by atoms with Crippen LogP contribution in [0.4, 0.5) is 11.6 Å². The van der Waals surface area contributed by atoms with Gasteiger partial charge in [-0.3, -0.25) is 4.79 Å². The number of carbonyl (C=O) groups excluding carboxylic acids is 1. The number of hydrogen-bond acceptors (Lipinski definition) is 4. The number of aromatic nitrogens is 2. The molecule has 0 spiro atoms. The summed E-state index contributed by atoms with van der Waals surface area (Å²) in [7, 11) is 0. The van der Waals surface area contributed by atoms with E-state index >= 15 is 0 Å². The van der Waals surface area contributed by atoms with Crippen LogP contribution in [0.2, 0.25) is 5.02 Å². The van der Waals surface area contributed by atoms with E-state index < -0.39 is 0 Å². The van der Waals surface area contributed by atoms with Crippen LogP contribution in [0.1, 0.15) is 39.5 Å². The molecular weight excluding hydrogens is 358 g/mol. The smallest absolute Gasteiger partial charge is 0.230 e. The topological polar surface area (TPSA) is 46.1 Å². The number of ketones is 1. The summed E-state index contributed by atoms with van der Waals surface area (Å²) in [5, 5.41) is 0.697. The molecule has 0 unspecified atom stereocenters. The van der Waals surface area contributed by atoms with Gasteiger partial charge in [0, 0.05) is 29.9 Å². The molecule has 1 atom stereocenters. The van der Waals surface area contributed by atoms with E-state index in [1.165, 1.54) is 5.56 Å². The second-order valence-corrected chi connectivity index (χ2v) is 7.58. The lowest BCUT2D eigenvalue weighted by molar-refractivity contribution is 0.0962. The van der Waals surface area contributed by atoms with Crippen molar-refractivity contribution in [2.45, 2.75) is 25.2 Å². The molecule has 3 aromatic rings. The highest BCUT2D eigenvalue weighted by Gasteiger charge is 2.30. The van der Waals surface area contributed by atoms with Gasteiger partial charge in [0.25, 0.3) is 0 Å². The van der Waals surface area contributed by atoms with Crippen LogP contribution in [-0.2, 0) is 12.8 Å². The van der Waals surface area contributed by atoms with Crippen LogP contribution in [0, 0.1) is 0 Å². The first-order valence-corrected chi connectivity index (χ1v) is 9.57. The molecule has 1 aromatic heterocycles. The zero-order chi connectivity index (χ0) is 18.4. The Kier molecular flexibility index (Phi) is 3.94. The Morgan fingerprint density at radius 3 is 2.85 bits per heavy atom. The molecule has 0 N–H and O–H groups in total. The summed E-state index contributed by atoms with van der Waals surface area (Å²) in [5.74, 6) is 0.894. The minimum Gasteiger partial charge on any atom is -0.310 e. The molecule has 5 rings (SSSR count). The van der Waals surface area contributed by atoms with Crippen LogP contribution in [0.25, 0.3) is 0 Å². The fourth-order valence-electron chi connectivity index (χ4n) is 4.11. The number of carbonyl (C=O) groups is 1. The minimum atomic E-state index is 0.106. The highest BCUT2D eigenvalue weighted by atomic mass is 35.5. The molecule has 2 aromatic carbocycles. The molecular formula is C22H18ClN3O. The molecule has 0 amide bonds. The molecule has 27 heavy (non-hydrogen) atoms. The molecule has 1 aliphatic heterocycles. The lowest BCUT2D eigenvalue weighted by Crippen LogP contribution is -2.23. The molecule has 134 valence electrons. The van der Waals surface area contributed by atoms with Crippen LogP contribution >= 0.6 is 11.6 Å². The summed E-state index contributed by atoms with van der Waals surface area (Å²) in [6.45, 7) is 0.865. The standard InChI is InChI=1S/C22H18ClN3O/c23-17-6-3-5-15(10-17)16-11-19-18(21(27)12-16)13-24-22(25-19)26-9-8-14-4-1-2-7-20(14)26/h1-7,10,13,16H,8-9,11-12H2/t16-/m1/s1. The highest BCUT2D eigenvalue weighted by molar-refractivity contribution is 6.30. The monoisotopic (exact) mass is 375 g/mol. The molecule has 5 heteroatoms. The van der Waals surface area contributed by atoms with Crippen LogP contribution in [0.5, 0.6) is 0 Å². The third kappa shape index (κ3) is 2.90. The van der Waals surface area contributed by atoms with Gasteiger partial charge >= 0.3 is 0 Å². The van der Waals surface area contributed by atoms with Crippen molar-refractivity contribution in [1.29, 1.82) is 0 Å². The van der Waals surface area contributed by atoms with E-state index in [0.29, 0.717) is 23.0 Å². The highest BCUT2D eigenvalue weighted by Crippen LogP contribution is 2.36. The fourth-order valence-corrected chi connectivity index (χ4v) is 4.31. The second-order valence-electron chi connectivity index (χ2n) is 7.14. The predicted octanol–water partition coefficient (Wildman–Crippen LogP) is 4.74. The van der Waals surface area contributed by atoms with Gasteiger partial charge in [-0.05, 0) is 48.1 Å². The summed E-state index contributed by atoms with van der Waals surface area (Å²) < 4.78 is 0. The number of fused-ring (bicyclic) bond motifs is 2. The number of hydrogen-bond donors (Lipinski definition) is 0. The van der Waals surface area contributed by atoms with Crippen molar-refractivity contribution in [3.05, 3.63) is 82.1 Å². The fraction of sp³-hybridized carbons (Fsp3) is 0.227. The lowest BCUT2D eigenvalue weighted by Gasteiger charge is -2.25. The molecule has 0 fully saturated rings. The van der Waals surface area contributed by atoms with E-state index in [-0.39, 0.29) is 11.7 Å². The Morgan fingerprint density at radius 1 is 1.07 bits per heavy atom. The molecule has 0 radical (unpaired) electrons. The van der Waals surface area contributed by atoms with E-state index in [9.17, 15) is 4.79 Å². The molecule has 2 aliphatic rings. The van der Waals surface area contributed by atoms with Crippen molar-refractivity contribution in [3.63, 3.8) is 0 Å². The molecule has 1 aliphatic carbocycles. The molecule has 0 saturated heterocycles. The number of rotatable bonds is 2. The number of Topliss-reactive ketones (excluding diaryl/α,β-unsaturated/α-hetero) is 1. The Balaban J connectivity index is 1.50. The maximum Gasteiger partial charge on any atom is 0.230 e. The summed E-state index contributed by atoms with van der Waals surface area (Å²) in [4.78, 5) is 24.1. The van der Waals surface area contributed by atoms with Crippen LogP contribution < -0.4 is 4.90 Å². The number of para-hydroxylation sites is 1. The third-order valence-corrected chi connectivity index (χ3v) is 5.71. The molecule has 4 nitrogen and oxygen atoms in total. The van der Waals surface area contributed by atoms with Gasteiger partial charge in [0.15, 0.2) is 5.78 Å². The first kappa shape index (κ1) is 16.5. The molecule has 2 heterocycles. The van der Waals surface area contributed by atoms with Gasteiger partial charge in [-0.1, -0.05) is 41.9 Å². The van der Waals surface area contributed by atoms with Crippen molar-refractivity contribution in [1.82, 2.24) is 9.97 Å². The van der Waals surface area contributed by atoms with E-state index in [0.717, 1.165) is 36.3 Å². The van der Waals surface area contributed by atoms with E-state index in [2.05, 4.69) is 28.1 Å². The van der Waals surface area contributed by atoms with Gasteiger partial charge in [0.05, 0.1) is 11.3 Å². The Bertz CT molecular complexity index is 1050. The third-order valence-electron chi connectivity index (χ3n) is 5.48. The van der Waals surface area contributed by atoms with Crippen molar-refractivity contribution < 1.29 is 4.79 Å². The largest absolute Gasteiger partial charge is 0.310 e. The number of halogens is 1. The van der Waals surface area contributed by atoms with Crippen LogP contribution in [-0.4, -0.2) is 22.3 Å². The van der Waals surface area contributed by atoms with Gasteiger partial charge < -0.3 is 4.90 Å². The first-order valence-electron chi connectivity index (χ1n) is 9.19. The summed E-state index contributed by atoms with van der Waals surface area (Å²) in [5.41, 5.74) is 5.06. The van der Waals surface area contributed by atoms with Gasteiger partial charge in [-0.15, -0.1) is 0 Å². The molecule has 0 bridgehead atoms. The van der Waals surface area contributed by atoms with Gasteiger partial charge in [0.1, 0.15) is 0 Å². The summed E-state index contributed by atoms with van der Waals surface area (Å²) in [6, 6.07) is 16.1. The molecule has 0 saturated carbocycles.